The van der Waals surface area contributed by atoms with E-state index in [1.54, 1.807) is 17.5 Å². The number of aryl methyl sites for hydroxylation is 1. The summed E-state index contributed by atoms with van der Waals surface area (Å²) >= 11 is 1.58. The molecule has 0 radical (unpaired) electrons. The van der Waals surface area contributed by atoms with Gasteiger partial charge in [0.15, 0.2) is 0 Å². The summed E-state index contributed by atoms with van der Waals surface area (Å²) in [5, 5.41) is 14.0. The molecule has 0 aliphatic carbocycles. The summed E-state index contributed by atoms with van der Waals surface area (Å²) in [5.41, 5.74) is 7.37. The molecule has 5 nitrogen and oxygen atoms in total. The first kappa shape index (κ1) is 9.14. The second-order valence-corrected chi connectivity index (χ2v) is 4.32. The molecule has 0 aliphatic heterocycles. The lowest BCUT2D eigenvalue weighted by Gasteiger charge is -1.99. The minimum absolute atomic E-state index is 0.647. The van der Waals surface area contributed by atoms with Crippen molar-refractivity contribution in [2.45, 2.75) is 20.4 Å². The second-order valence-electron chi connectivity index (χ2n) is 3.06. The summed E-state index contributed by atoms with van der Waals surface area (Å²) in [5.74, 6) is 0. The van der Waals surface area contributed by atoms with E-state index in [1.165, 1.54) is 0 Å². The molecule has 0 atom stereocenters. The van der Waals surface area contributed by atoms with E-state index in [4.69, 9.17) is 5.73 Å². The first-order valence-corrected chi connectivity index (χ1v) is 5.05. The average Bonchev–Trinajstić information content (AvgIpc) is 2.67. The van der Waals surface area contributed by atoms with Gasteiger partial charge in [-0.15, -0.1) is 10.2 Å². The van der Waals surface area contributed by atoms with Gasteiger partial charge >= 0.3 is 0 Å². The molecule has 2 aromatic rings. The summed E-state index contributed by atoms with van der Waals surface area (Å²) in [4.78, 5) is 0. The van der Waals surface area contributed by atoms with Crippen LogP contribution in [0.25, 0.3) is 0 Å². The topological polar surface area (TPSA) is 69.6 Å². The minimum Gasteiger partial charge on any atom is -0.396 e. The molecule has 2 heterocycles. The fourth-order valence-electron chi connectivity index (χ4n) is 1.15. The van der Waals surface area contributed by atoms with Crippen LogP contribution in [0.4, 0.5) is 5.69 Å². The van der Waals surface area contributed by atoms with E-state index in [0.29, 0.717) is 12.2 Å². The molecule has 0 spiro atoms. The van der Waals surface area contributed by atoms with Crippen LogP contribution in [0.5, 0.6) is 0 Å². The highest BCUT2D eigenvalue weighted by molar-refractivity contribution is 7.11. The van der Waals surface area contributed by atoms with Crippen LogP contribution >= 0.6 is 11.3 Å². The zero-order valence-electron chi connectivity index (χ0n) is 8.06. The van der Waals surface area contributed by atoms with Crippen molar-refractivity contribution in [3.05, 3.63) is 21.9 Å². The first-order chi connectivity index (χ1) is 6.66. The number of anilines is 1. The van der Waals surface area contributed by atoms with E-state index in [2.05, 4.69) is 15.3 Å². The maximum absolute atomic E-state index is 5.68. The van der Waals surface area contributed by atoms with Gasteiger partial charge in [-0.05, 0) is 13.8 Å². The number of aromatic nitrogens is 4. The molecule has 2 rings (SSSR count). The normalized spacial score (nSPS) is 10.7. The summed E-state index contributed by atoms with van der Waals surface area (Å²) in [6, 6.07) is 0. The van der Waals surface area contributed by atoms with Gasteiger partial charge in [-0.25, -0.2) is 0 Å². The zero-order valence-corrected chi connectivity index (χ0v) is 8.88. The van der Waals surface area contributed by atoms with Gasteiger partial charge in [-0.2, -0.15) is 5.10 Å². The Morgan fingerprint density at radius 2 is 2.21 bits per heavy atom. The molecule has 0 bridgehead atoms. The molecule has 2 aromatic heterocycles. The number of hydrogen-bond acceptors (Lipinski definition) is 5. The van der Waals surface area contributed by atoms with Crippen LogP contribution < -0.4 is 5.73 Å². The Bertz CT molecular complexity index is 444. The van der Waals surface area contributed by atoms with Gasteiger partial charge < -0.3 is 5.73 Å². The fourth-order valence-corrected chi connectivity index (χ4v) is 1.84. The van der Waals surface area contributed by atoms with Gasteiger partial charge in [-0.1, -0.05) is 11.3 Å². The van der Waals surface area contributed by atoms with Crippen molar-refractivity contribution in [3.63, 3.8) is 0 Å². The van der Waals surface area contributed by atoms with Gasteiger partial charge in [0.25, 0.3) is 0 Å². The predicted octanol–water partition coefficient (Wildman–Crippen LogP) is 0.982. The van der Waals surface area contributed by atoms with Crippen LogP contribution in [-0.4, -0.2) is 20.0 Å². The third-order valence-corrected chi connectivity index (χ3v) is 2.82. The number of hydrogen-bond donors (Lipinski definition) is 1. The van der Waals surface area contributed by atoms with Gasteiger partial charge in [-0.3, -0.25) is 4.68 Å². The third kappa shape index (κ3) is 1.60. The van der Waals surface area contributed by atoms with Crippen molar-refractivity contribution in [1.29, 1.82) is 0 Å². The van der Waals surface area contributed by atoms with Crippen molar-refractivity contribution in [1.82, 2.24) is 20.0 Å². The summed E-state index contributed by atoms with van der Waals surface area (Å²) in [6.45, 7) is 4.52. The highest BCUT2D eigenvalue weighted by Crippen LogP contribution is 2.13. The van der Waals surface area contributed by atoms with Gasteiger partial charge in [0, 0.05) is 0 Å². The number of rotatable bonds is 2. The van der Waals surface area contributed by atoms with E-state index < -0.39 is 0 Å². The molecule has 74 valence electrons. The maximum Gasteiger partial charge on any atom is 0.139 e. The monoisotopic (exact) mass is 209 g/mol. The molecule has 14 heavy (non-hydrogen) atoms. The SMILES string of the molecule is Cc1nnc(Cn2ncc(N)c2C)s1. The van der Waals surface area contributed by atoms with Crippen molar-refractivity contribution < 1.29 is 0 Å². The Hall–Kier alpha value is -1.43. The van der Waals surface area contributed by atoms with E-state index >= 15 is 0 Å². The van der Waals surface area contributed by atoms with Crippen molar-refractivity contribution in [3.8, 4) is 0 Å². The molecule has 0 unspecified atom stereocenters. The Balaban J connectivity index is 2.22. The van der Waals surface area contributed by atoms with Crippen LogP contribution in [0.3, 0.4) is 0 Å². The highest BCUT2D eigenvalue weighted by atomic mass is 32.1. The highest BCUT2D eigenvalue weighted by Gasteiger charge is 2.06. The minimum atomic E-state index is 0.647. The number of nitrogen functional groups attached to an aromatic ring is 1. The van der Waals surface area contributed by atoms with Crippen LogP contribution in [0.2, 0.25) is 0 Å². The zero-order chi connectivity index (χ0) is 10.1. The Morgan fingerprint density at radius 1 is 1.43 bits per heavy atom. The quantitative estimate of drug-likeness (QED) is 0.800. The van der Waals surface area contributed by atoms with E-state index in [-0.39, 0.29) is 0 Å². The van der Waals surface area contributed by atoms with Crippen molar-refractivity contribution >= 4 is 17.0 Å². The molecule has 6 heteroatoms. The predicted molar refractivity (Wildman–Crippen MR) is 55.1 cm³/mol. The van der Waals surface area contributed by atoms with Crippen LogP contribution in [0, 0.1) is 13.8 Å². The van der Waals surface area contributed by atoms with Gasteiger partial charge in [0.2, 0.25) is 0 Å². The number of nitrogens with zero attached hydrogens (tertiary/aromatic N) is 4. The molecular weight excluding hydrogens is 198 g/mol. The molecule has 0 saturated heterocycles. The van der Waals surface area contributed by atoms with E-state index in [9.17, 15) is 0 Å². The Kier molecular flexibility index (Phi) is 2.20. The summed E-state index contributed by atoms with van der Waals surface area (Å²) < 4.78 is 1.83. The lowest BCUT2D eigenvalue weighted by atomic mass is 10.4. The largest absolute Gasteiger partial charge is 0.396 e. The lowest BCUT2D eigenvalue weighted by Crippen LogP contribution is -2.03. The molecule has 2 N–H and O–H groups in total. The smallest absolute Gasteiger partial charge is 0.139 e. The fraction of sp³-hybridized carbons (Fsp3) is 0.375. The van der Waals surface area contributed by atoms with Gasteiger partial charge in [0.1, 0.15) is 10.0 Å². The molecule has 0 aromatic carbocycles. The summed E-state index contributed by atoms with van der Waals surface area (Å²) in [6.07, 6.45) is 1.66. The Morgan fingerprint density at radius 3 is 2.71 bits per heavy atom. The first-order valence-electron chi connectivity index (χ1n) is 4.23. The molecule has 0 fully saturated rings. The van der Waals surface area contributed by atoms with E-state index in [1.807, 2.05) is 18.5 Å². The molecule has 0 amide bonds. The number of nitrogens with two attached hydrogens (primary N) is 1. The molecular formula is C8H11N5S. The van der Waals surface area contributed by atoms with Crippen LogP contribution in [0.1, 0.15) is 15.7 Å². The van der Waals surface area contributed by atoms with Crippen molar-refractivity contribution in [2.75, 3.05) is 5.73 Å². The van der Waals surface area contributed by atoms with Crippen molar-refractivity contribution in [2.24, 2.45) is 0 Å². The van der Waals surface area contributed by atoms with Gasteiger partial charge in [0.05, 0.1) is 24.1 Å². The van der Waals surface area contributed by atoms with Crippen LogP contribution in [-0.2, 0) is 6.54 Å². The lowest BCUT2D eigenvalue weighted by molar-refractivity contribution is 0.657. The third-order valence-electron chi connectivity index (χ3n) is 1.99. The van der Waals surface area contributed by atoms with E-state index in [0.717, 1.165) is 15.7 Å². The Labute approximate surface area is 85.6 Å². The van der Waals surface area contributed by atoms with Crippen LogP contribution in [0.15, 0.2) is 6.20 Å². The maximum atomic E-state index is 5.68. The molecule has 0 aliphatic rings. The summed E-state index contributed by atoms with van der Waals surface area (Å²) in [7, 11) is 0. The average molecular weight is 209 g/mol. The standard InChI is InChI=1S/C8H11N5S/c1-5-7(9)3-10-13(5)4-8-12-11-6(2)14-8/h3H,4,9H2,1-2H3. The molecule has 0 saturated carbocycles. The second kappa shape index (κ2) is 3.38.